The van der Waals surface area contributed by atoms with Crippen LogP contribution in [0.4, 0.5) is 5.69 Å². The fourth-order valence-corrected chi connectivity index (χ4v) is 3.05. The predicted octanol–water partition coefficient (Wildman–Crippen LogP) is 2.42. The average molecular weight is 391 g/mol. The summed E-state index contributed by atoms with van der Waals surface area (Å²) in [6, 6.07) is 14.1. The van der Waals surface area contributed by atoms with E-state index in [0.717, 1.165) is 11.3 Å². The number of para-hydroxylation sites is 1. The molecule has 8 heteroatoms. The largest absolute Gasteiger partial charge is 0.493 e. The van der Waals surface area contributed by atoms with E-state index >= 15 is 0 Å². The minimum Gasteiger partial charge on any atom is -0.493 e. The van der Waals surface area contributed by atoms with Gasteiger partial charge in [-0.05, 0) is 35.9 Å². The van der Waals surface area contributed by atoms with Crippen molar-refractivity contribution >= 4 is 23.3 Å². The van der Waals surface area contributed by atoms with Gasteiger partial charge in [0.1, 0.15) is 0 Å². The first-order valence-electron chi connectivity index (χ1n) is 8.87. The average Bonchev–Trinajstić information content (AvgIpc) is 3.34. The third-order valence-electron chi connectivity index (χ3n) is 4.50. The van der Waals surface area contributed by atoms with E-state index in [1.54, 1.807) is 24.4 Å². The number of ketones is 1. The Hall–Kier alpha value is -3.94. The molecule has 0 bridgehead atoms. The molecule has 1 aliphatic rings. The first-order chi connectivity index (χ1) is 14.0. The highest BCUT2D eigenvalue weighted by Crippen LogP contribution is 2.24. The van der Waals surface area contributed by atoms with Crippen molar-refractivity contribution in [1.29, 1.82) is 0 Å². The van der Waals surface area contributed by atoms with E-state index in [1.165, 1.54) is 11.8 Å². The number of carbonyl (C=O) groups excluding carboxylic acids is 3. The summed E-state index contributed by atoms with van der Waals surface area (Å²) in [7, 11) is 1.42. The van der Waals surface area contributed by atoms with Crippen molar-refractivity contribution in [3.8, 4) is 11.4 Å². The SMILES string of the molecule is COc1cn(-c2ccccc2)nc1C(=O)OCC(=O)c1ccc2c(c1)CC(=O)N2. The highest BCUT2D eigenvalue weighted by atomic mass is 16.5. The number of methoxy groups -OCH3 is 1. The van der Waals surface area contributed by atoms with Crippen molar-refractivity contribution in [3.05, 3.63) is 71.5 Å². The van der Waals surface area contributed by atoms with Crippen LogP contribution < -0.4 is 10.1 Å². The van der Waals surface area contributed by atoms with Gasteiger partial charge in [-0.15, -0.1) is 0 Å². The number of hydrogen-bond acceptors (Lipinski definition) is 6. The number of benzene rings is 2. The monoisotopic (exact) mass is 391 g/mol. The van der Waals surface area contributed by atoms with E-state index in [0.29, 0.717) is 11.3 Å². The molecule has 0 radical (unpaired) electrons. The van der Waals surface area contributed by atoms with Gasteiger partial charge in [0, 0.05) is 11.3 Å². The summed E-state index contributed by atoms with van der Waals surface area (Å²) in [5.74, 6) is -1.00. The molecule has 3 aromatic rings. The van der Waals surface area contributed by atoms with Crippen molar-refractivity contribution in [2.45, 2.75) is 6.42 Å². The number of carbonyl (C=O) groups is 3. The number of hydrogen-bond donors (Lipinski definition) is 1. The van der Waals surface area contributed by atoms with Crippen LogP contribution in [0, 0.1) is 0 Å². The van der Waals surface area contributed by atoms with Gasteiger partial charge in [-0.2, -0.15) is 5.10 Å². The van der Waals surface area contributed by atoms with Crippen LogP contribution in [-0.4, -0.2) is 41.2 Å². The zero-order valence-corrected chi connectivity index (χ0v) is 15.5. The molecule has 1 aromatic heterocycles. The number of nitrogens with one attached hydrogen (secondary N) is 1. The van der Waals surface area contributed by atoms with Gasteiger partial charge >= 0.3 is 5.97 Å². The third kappa shape index (κ3) is 3.73. The normalized spacial score (nSPS) is 12.2. The Morgan fingerprint density at radius 2 is 1.97 bits per heavy atom. The van der Waals surface area contributed by atoms with Crippen LogP contribution in [-0.2, 0) is 16.0 Å². The first kappa shape index (κ1) is 18.4. The molecule has 2 aromatic carbocycles. The van der Waals surface area contributed by atoms with Crippen molar-refractivity contribution in [2.75, 3.05) is 19.0 Å². The van der Waals surface area contributed by atoms with Crippen LogP contribution in [0.5, 0.6) is 5.75 Å². The maximum Gasteiger partial charge on any atom is 0.363 e. The first-order valence-corrected chi connectivity index (χ1v) is 8.87. The zero-order chi connectivity index (χ0) is 20.4. The quantitative estimate of drug-likeness (QED) is 0.512. The second-order valence-corrected chi connectivity index (χ2v) is 6.42. The summed E-state index contributed by atoms with van der Waals surface area (Å²) in [5.41, 5.74) is 2.54. The second kappa shape index (κ2) is 7.59. The van der Waals surface area contributed by atoms with Crippen molar-refractivity contribution in [1.82, 2.24) is 9.78 Å². The lowest BCUT2D eigenvalue weighted by Gasteiger charge is -2.05. The molecule has 0 unspecified atom stereocenters. The van der Waals surface area contributed by atoms with Gasteiger partial charge in [-0.3, -0.25) is 9.59 Å². The van der Waals surface area contributed by atoms with Crippen LogP contribution in [0.1, 0.15) is 26.4 Å². The number of nitrogens with zero attached hydrogens (tertiary/aromatic N) is 2. The molecule has 8 nitrogen and oxygen atoms in total. The maximum absolute atomic E-state index is 12.5. The fourth-order valence-electron chi connectivity index (χ4n) is 3.05. The van der Waals surface area contributed by atoms with Crippen molar-refractivity contribution in [3.63, 3.8) is 0 Å². The molecule has 1 N–H and O–H groups in total. The zero-order valence-electron chi connectivity index (χ0n) is 15.5. The lowest BCUT2D eigenvalue weighted by atomic mass is 10.1. The Bertz CT molecular complexity index is 1100. The molecule has 29 heavy (non-hydrogen) atoms. The highest BCUT2D eigenvalue weighted by Gasteiger charge is 2.22. The lowest BCUT2D eigenvalue weighted by molar-refractivity contribution is -0.115. The Kier molecular flexibility index (Phi) is 4.82. The summed E-state index contributed by atoms with van der Waals surface area (Å²) in [6.45, 7) is -0.444. The summed E-state index contributed by atoms with van der Waals surface area (Å²) < 4.78 is 11.9. The van der Waals surface area contributed by atoms with E-state index < -0.39 is 12.6 Å². The van der Waals surface area contributed by atoms with E-state index in [4.69, 9.17) is 9.47 Å². The molecule has 0 fully saturated rings. The minimum absolute atomic E-state index is 0.0205. The molecule has 0 atom stereocenters. The lowest BCUT2D eigenvalue weighted by Crippen LogP contribution is -2.15. The smallest absolute Gasteiger partial charge is 0.363 e. The number of esters is 1. The van der Waals surface area contributed by atoms with Gasteiger partial charge in [0.05, 0.1) is 25.4 Å². The summed E-state index contributed by atoms with van der Waals surface area (Å²) >= 11 is 0. The Morgan fingerprint density at radius 1 is 1.17 bits per heavy atom. The number of anilines is 1. The topological polar surface area (TPSA) is 99.5 Å². The molecule has 2 heterocycles. The molecule has 1 amide bonds. The van der Waals surface area contributed by atoms with Gasteiger partial charge in [-0.25, -0.2) is 9.48 Å². The highest BCUT2D eigenvalue weighted by molar-refractivity contribution is 6.03. The number of fused-ring (bicyclic) bond motifs is 1. The van der Waals surface area contributed by atoms with E-state index in [9.17, 15) is 14.4 Å². The second-order valence-electron chi connectivity index (χ2n) is 6.42. The maximum atomic E-state index is 12.5. The summed E-state index contributed by atoms with van der Waals surface area (Å²) in [5, 5.41) is 6.92. The number of rotatable bonds is 6. The number of Topliss-reactive ketones (excluding diaryl/α,β-unsaturated/α-hetero) is 1. The molecular formula is C21H17N3O5. The summed E-state index contributed by atoms with van der Waals surface area (Å²) in [4.78, 5) is 36.3. The van der Waals surface area contributed by atoms with Crippen LogP contribution >= 0.6 is 0 Å². The molecule has 0 saturated carbocycles. The Balaban J connectivity index is 1.46. The van der Waals surface area contributed by atoms with Gasteiger partial charge in [0.25, 0.3) is 0 Å². The number of aromatic nitrogens is 2. The molecule has 1 aliphatic heterocycles. The van der Waals surface area contributed by atoms with Gasteiger partial charge in [0.2, 0.25) is 11.6 Å². The fraction of sp³-hybridized carbons (Fsp3) is 0.143. The number of amides is 1. The van der Waals surface area contributed by atoms with Crippen LogP contribution in [0.3, 0.4) is 0 Å². The van der Waals surface area contributed by atoms with Crippen LogP contribution in [0.25, 0.3) is 5.69 Å². The summed E-state index contributed by atoms with van der Waals surface area (Å²) in [6.07, 6.45) is 1.79. The molecule has 4 rings (SSSR count). The van der Waals surface area contributed by atoms with Crippen molar-refractivity contribution in [2.24, 2.45) is 0 Å². The minimum atomic E-state index is -0.761. The molecule has 0 saturated heterocycles. The van der Waals surface area contributed by atoms with Gasteiger partial charge in [-0.1, -0.05) is 18.2 Å². The third-order valence-corrected chi connectivity index (χ3v) is 4.50. The molecule has 0 spiro atoms. The van der Waals surface area contributed by atoms with Gasteiger partial charge < -0.3 is 14.8 Å². The van der Waals surface area contributed by atoms with E-state index in [1.807, 2.05) is 30.3 Å². The van der Waals surface area contributed by atoms with E-state index in [2.05, 4.69) is 10.4 Å². The standard InChI is InChI=1S/C21H17N3O5/c1-28-18-11-24(15-5-3-2-4-6-15)23-20(18)21(27)29-12-17(25)13-7-8-16-14(9-13)10-19(26)22-16/h2-9,11H,10,12H2,1H3,(H,22,26). The Morgan fingerprint density at radius 3 is 2.72 bits per heavy atom. The molecule has 0 aliphatic carbocycles. The molecule has 146 valence electrons. The van der Waals surface area contributed by atoms with Gasteiger partial charge in [0.15, 0.2) is 18.1 Å². The van der Waals surface area contributed by atoms with E-state index in [-0.39, 0.29) is 29.6 Å². The van der Waals surface area contributed by atoms with Crippen LogP contribution in [0.15, 0.2) is 54.7 Å². The van der Waals surface area contributed by atoms with Crippen molar-refractivity contribution < 1.29 is 23.9 Å². The van der Waals surface area contributed by atoms with Crippen LogP contribution in [0.2, 0.25) is 0 Å². The Labute approximate surface area is 166 Å². The molecular weight excluding hydrogens is 374 g/mol. The number of ether oxygens (including phenoxy) is 2. The predicted molar refractivity (Wildman–Crippen MR) is 104 cm³/mol.